The Labute approximate surface area is 121 Å². The van der Waals surface area contributed by atoms with Crippen LogP contribution in [0.2, 0.25) is 0 Å². The summed E-state index contributed by atoms with van der Waals surface area (Å²) < 4.78 is 4.86. The number of hydrogen-bond acceptors (Lipinski definition) is 4. The van der Waals surface area contributed by atoms with Crippen molar-refractivity contribution in [2.24, 2.45) is 0 Å². The standard InChI is InChI=1S/C14H17N3O4/c1-14(8-21-2,13(19)20)15-12(18)7-11-9-5-3-4-6-10(9)16-17-11/h3-6H,7-8H2,1-2H3,(H,15,18)(H,16,17)(H,19,20). The Bertz CT molecular complexity index is 667. The van der Waals surface area contributed by atoms with Crippen LogP contribution in [0.3, 0.4) is 0 Å². The predicted molar refractivity (Wildman–Crippen MR) is 75.9 cm³/mol. The largest absolute Gasteiger partial charge is 0.479 e. The third kappa shape index (κ3) is 3.19. The number of hydrogen-bond donors (Lipinski definition) is 3. The Kier molecular flexibility index (Phi) is 4.23. The first-order valence-electron chi connectivity index (χ1n) is 6.41. The lowest BCUT2D eigenvalue weighted by Gasteiger charge is -2.25. The van der Waals surface area contributed by atoms with Crippen LogP contribution in [0.5, 0.6) is 0 Å². The lowest BCUT2D eigenvalue weighted by atomic mass is 10.0. The number of aromatic nitrogens is 2. The van der Waals surface area contributed by atoms with Crippen LogP contribution in [0.1, 0.15) is 12.6 Å². The number of nitrogens with zero attached hydrogens (tertiary/aromatic N) is 1. The van der Waals surface area contributed by atoms with Crippen LogP contribution in [-0.2, 0) is 20.7 Å². The molecule has 1 atom stereocenters. The van der Waals surface area contributed by atoms with Crippen LogP contribution in [0.4, 0.5) is 0 Å². The minimum absolute atomic E-state index is 0.0209. The second-order valence-electron chi connectivity index (χ2n) is 5.01. The Morgan fingerprint density at radius 2 is 2.14 bits per heavy atom. The summed E-state index contributed by atoms with van der Waals surface area (Å²) in [6.07, 6.45) is 0.0209. The van der Waals surface area contributed by atoms with Gasteiger partial charge in [0.05, 0.1) is 24.2 Å². The number of carbonyl (C=O) groups excluding carboxylic acids is 1. The van der Waals surface area contributed by atoms with Gasteiger partial charge in [-0.2, -0.15) is 5.10 Å². The molecule has 1 aromatic carbocycles. The van der Waals surface area contributed by atoms with E-state index in [1.54, 1.807) is 0 Å². The van der Waals surface area contributed by atoms with Gasteiger partial charge in [-0.3, -0.25) is 9.89 Å². The van der Waals surface area contributed by atoms with Crippen molar-refractivity contribution < 1.29 is 19.4 Å². The SMILES string of the molecule is COCC(C)(NC(=O)Cc1[nH]nc2ccccc12)C(=O)O. The van der Waals surface area contributed by atoms with Crippen LogP contribution in [0, 0.1) is 0 Å². The fourth-order valence-corrected chi connectivity index (χ4v) is 2.10. The lowest BCUT2D eigenvalue weighted by Crippen LogP contribution is -2.55. The molecule has 0 saturated carbocycles. The molecule has 7 nitrogen and oxygen atoms in total. The number of rotatable bonds is 6. The molecule has 0 spiro atoms. The normalized spacial score (nSPS) is 13.8. The van der Waals surface area contributed by atoms with E-state index in [1.807, 2.05) is 24.3 Å². The molecule has 0 fully saturated rings. The van der Waals surface area contributed by atoms with Gasteiger partial charge >= 0.3 is 5.97 Å². The summed E-state index contributed by atoms with van der Waals surface area (Å²) in [6.45, 7) is 1.29. The van der Waals surface area contributed by atoms with Crippen molar-refractivity contribution in [3.8, 4) is 0 Å². The molecule has 1 amide bonds. The van der Waals surface area contributed by atoms with E-state index in [4.69, 9.17) is 4.74 Å². The van der Waals surface area contributed by atoms with Crippen LogP contribution >= 0.6 is 0 Å². The smallest absolute Gasteiger partial charge is 0.331 e. The number of fused-ring (bicyclic) bond motifs is 1. The number of aliphatic carboxylic acids is 1. The molecule has 0 bridgehead atoms. The average Bonchev–Trinajstić information content (AvgIpc) is 2.82. The third-order valence-corrected chi connectivity index (χ3v) is 3.20. The summed E-state index contributed by atoms with van der Waals surface area (Å²) in [6, 6.07) is 7.39. The van der Waals surface area contributed by atoms with Gasteiger partial charge < -0.3 is 15.2 Å². The predicted octanol–water partition coefficient (Wildman–Crippen LogP) is 0.711. The van der Waals surface area contributed by atoms with Gasteiger partial charge in [-0.1, -0.05) is 18.2 Å². The van der Waals surface area contributed by atoms with Crippen molar-refractivity contribution in [2.45, 2.75) is 18.9 Å². The van der Waals surface area contributed by atoms with Crippen molar-refractivity contribution >= 4 is 22.8 Å². The van der Waals surface area contributed by atoms with Gasteiger partial charge in [0.2, 0.25) is 5.91 Å². The summed E-state index contributed by atoms with van der Waals surface area (Å²) >= 11 is 0. The molecular weight excluding hydrogens is 274 g/mol. The van der Waals surface area contributed by atoms with Crippen molar-refractivity contribution in [3.05, 3.63) is 30.0 Å². The maximum Gasteiger partial charge on any atom is 0.331 e. The summed E-state index contributed by atoms with van der Waals surface area (Å²) in [7, 11) is 1.38. The number of aromatic amines is 1. The molecule has 2 aromatic rings. The molecule has 0 aliphatic heterocycles. The molecule has 21 heavy (non-hydrogen) atoms. The maximum absolute atomic E-state index is 12.1. The van der Waals surface area contributed by atoms with Gasteiger partial charge in [-0.05, 0) is 13.0 Å². The summed E-state index contributed by atoms with van der Waals surface area (Å²) in [5.41, 5.74) is -0.0479. The number of nitrogens with one attached hydrogen (secondary N) is 2. The Morgan fingerprint density at radius 3 is 2.81 bits per heavy atom. The quantitative estimate of drug-likeness (QED) is 0.727. The van der Waals surface area contributed by atoms with E-state index in [9.17, 15) is 14.7 Å². The van der Waals surface area contributed by atoms with Crippen LogP contribution in [0.25, 0.3) is 10.9 Å². The monoisotopic (exact) mass is 291 g/mol. The van der Waals surface area contributed by atoms with E-state index in [0.29, 0.717) is 5.69 Å². The van der Waals surface area contributed by atoms with E-state index in [2.05, 4.69) is 15.5 Å². The van der Waals surface area contributed by atoms with E-state index in [1.165, 1.54) is 14.0 Å². The first-order chi connectivity index (χ1) is 9.96. The molecule has 112 valence electrons. The van der Waals surface area contributed by atoms with E-state index in [-0.39, 0.29) is 13.0 Å². The van der Waals surface area contributed by atoms with Crippen LogP contribution in [0.15, 0.2) is 24.3 Å². The van der Waals surface area contributed by atoms with Crippen molar-refractivity contribution in [3.63, 3.8) is 0 Å². The van der Waals surface area contributed by atoms with Gasteiger partial charge in [-0.25, -0.2) is 4.79 Å². The topological polar surface area (TPSA) is 104 Å². The Hall–Kier alpha value is -2.41. The zero-order valence-electron chi connectivity index (χ0n) is 11.8. The number of para-hydroxylation sites is 1. The zero-order valence-corrected chi connectivity index (χ0v) is 11.8. The fraction of sp³-hybridized carbons (Fsp3) is 0.357. The van der Waals surface area contributed by atoms with Gasteiger partial charge in [0.25, 0.3) is 0 Å². The van der Waals surface area contributed by atoms with Crippen LogP contribution in [-0.4, -0.2) is 46.4 Å². The first kappa shape index (κ1) is 15.0. The van der Waals surface area contributed by atoms with Crippen molar-refractivity contribution in [1.82, 2.24) is 15.5 Å². The fourth-order valence-electron chi connectivity index (χ4n) is 2.10. The number of H-pyrrole nitrogens is 1. The number of amides is 1. The zero-order chi connectivity index (χ0) is 15.5. The second kappa shape index (κ2) is 5.92. The Balaban J connectivity index is 2.12. The number of benzene rings is 1. The average molecular weight is 291 g/mol. The number of carboxylic acids is 1. The van der Waals surface area contributed by atoms with Gasteiger partial charge in [-0.15, -0.1) is 0 Å². The highest BCUT2D eigenvalue weighted by Crippen LogP contribution is 2.16. The van der Waals surface area contributed by atoms with Gasteiger partial charge in [0.1, 0.15) is 0 Å². The molecule has 2 rings (SSSR count). The number of carboxylic acid groups (broad SMARTS) is 1. The van der Waals surface area contributed by atoms with Crippen molar-refractivity contribution in [1.29, 1.82) is 0 Å². The maximum atomic E-state index is 12.1. The molecule has 0 saturated heterocycles. The minimum atomic E-state index is -1.46. The molecule has 0 aliphatic rings. The Morgan fingerprint density at radius 1 is 1.43 bits per heavy atom. The first-order valence-corrected chi connectivity index (χ1v) is 6.41. The van der Waals surface area contributed by atoms with Crippen molar-refractivity contribution in [2.75, 3.05) is 13.7 Å². The summed E-state index contributed by atoms with van der Waals surface area (Å²) in [4.78, 5) is 23.3. The van der Waals surface area contributed by atoms with Crippen LogP contribution < -0.4 is 5.32 Å². The highest BCUT2D eigenvalue weighted by molar-refractivity contribution is 5.90. The molecule has 0 radical (unpaired) electrons. The van der Waals surface area contributed by atoms with E-state index in [0.717, 1.165) is 10.9 Å². The molecule has 7 heteroatoms. The highest BCUT2D eigenvalue weighted by atomic mass is 16.5. The number of ether oxygens (including phenoxy) is 1. The van der Waals surface area contributed by atoms with E-state index < -0.39 is 17.4 Å². The molecule has 1 aromatic heterocycles. The lowest BCUT2D eigenvalue weighted by molar-refractivity contribution is -0.149. The molecular formula is C14H17N3O4. The summed E-state index contributed by atoms with van der Waals surface area (Å²) in [5, 5.41) is 19.4. The molecule has 3 N–H and O–H groups in total. The minimum Gasteiger partial charge on any atom is -0.479 e. The summed E-state index contributed by atoms with van der Waals surface area (Å²) in [5.74, 6) is -1.56. The van der Waals surface area contributed by atoms with Gasteiger partial charge in [0.15, 0.2) is 5.54 Å². The second-order valence-corrected chi connectivity index (χ2v) is 5.01. The number of carbonyl (C=O) groups is 2. The molecule has 1 heterocycles. The third-order valence-electron chi connectivity index (χ3n) is 3.20. The molecule has 0 aliphatic carbocycles. The number of methoxy groups -OCH3 is 1. The van der Waals surface area contributed by atoms with E-state index >= 15 is 0 Å². The highest BCUT2D eigenvalue weighted by Gasteiger charge is 2.35. The van der Waals surface area contributed by atoms with Gasteiger partial charge in [0, 0.05) is 12.5 Å². The molecule has 1 unspecified atom stereocenters.